The maximum absolute atomic E-state index is 12.6. The van der Waals surface area contributed by atoms with E-state index in [4.69, 9.17) is 0 Å². The molecule has 0 radical (unpaired) electrons. The Morgan fingerprint density at radius 1 is 1.00 bits per heavy atom. The van der Waals surface area contributed by atoms with Gasteiger partial charge in [0, 0.05) is 43.8 Å². The van der Waals surface area contributed by atoms with Crippen LogP contribution in [0.4, 0.5) is 5.69 Å². The first-order valence-electron chi connectivity index (χ1n) is 10.1. The summed E-state index contributed by atoms with van der Waals surface area (Å²) in [5, 5.41) is 4.19. The van der Waals surface area contributed by atoms with E-state index in [9.17, 15) is 9.59 Å². The fourth-order valence-corrected chi connectivity index (χ4v) is 3.75. The highest BCUT2D eigenvalue weighted by molar-refractivity contribution is 6.04. The number of nitrogens with zero attached hydrogens (tertiary/aromatic N) is 2. The van der Waals surface area contributed by atoms with Gasteiger partial charge in [0.15, 0.2) is 0 Å². The van der Waals surface area contributed by atoms with Crippen LogP contribution < -0.4 is 10.9 Å². The van der Waals surface area contributed by atoms with E-state index in [-0.39, 0.29) is 17.2 Å². The quantitative estimate of drug-likeness (QED) is 0.703. The van der Waals surface area contributed by atoms with E-state index < -0.39 is 0 Å². The molecule has 0 bridgehead atoms. The van der Waals surface area contributed by atoms with Gasteiger partial charge in [-0.05, 0) is 41.8 Å². The van der Waals surface area contributed by atoms with Gasteiger partial charge in [-0.2, -0.15) is 0 Å². The maximum Gasteiger partial charge on any atom is 0.272 e. The third-order valence-corrected chi connectivity index (χ3v) is 5.53. The predicted molar refractivity (Wildman–Crippen MR) is 116 cm³/mol. The van der Waals surface area contributed by atoms with Crippen LogP contribution in [-0.4, -0.2) is 53.4 Å². The number of aromatic amines is 1. The normalized spacial score (nSPS) is 15.5. The monoisotopic (exact) mass is 390 g/mol. The van der Waals surface area contributed by atoms with Gasteiger partial charge < -0.3 is 15.2 Å². The minimum atomic E-state index is -0.323. The van der Waals surface area contributed by atoms with Gasteiger partial charge in [0.05, 0.1) is 0 Å². The molecule has 1 aliphatic heterocycles. The SMILES string of the molecule is CCN1CCN(Cc2ccc(NC(=O)c3cc4ccccc4c(=O)[nH]3)cc2)CC1. The molecule has 0 atom stereocenters. The molecule has 29 heavy (non-hydrogen) atoms. The molecular formula is C23H26N4O2. The summed E-state index contributed by atoms with van der Waals surface area (Å²) in [4.78, 5) is 32.4. The molecule has 0 spiro atoms. The number of aromatic nitrogens is 1. The Morgan fingerprint density at radius 3 is 2.41 bits per heavy atom. The van der Waals surface area contributed by atoms with Gasteiger partial charge in [0.25, 0.3) is 11.5 Å². The minimum Gasteiger partial charge on any atom is -0.321 e. The van der Waals surface area contributed by atoms with Crippen LogP contribution in [0.25, 0.3) is 10.8 Å². The second kappa shape index (κ2) is 8.59. The predicted octanol–water partition coefficient (Wildman–Crippen LogP) is 2.92. The number of piperazine rings is 1. The van der Waals surface area contributed by atoms with E-state index in [1.165, 1.54) is 5.56 Å². The van der Waals surface area contributed by atoms with Crippen LogP contribution in [-0.2, 0) is 6.54 Å². The number of hydrogen-bond acceptors (Lipinski definition) is 4. The van der Waals surface area contributed by atoms with Crippen LogP contribution in [0.2, 0.25) is 0 Å². The van der Waals surface area contributed by atoms with Crippen molar-refractivity contribution in [2.24, 2.45) is 0 Å². The first-order valence-corrected chi connectivity index (χ1v) is 10.1. The molecule has 4 rings (SSSR count). The number of amides is 1. The Labute approximate surface area is 170 Å². The molecule has 2 heterocycles. The van der Waals surface area contributed by atoms with Crippen molar-refractivity contribution in [2.75, 3.05) is 38.0 Å². The van der Waals surface area contributed by atoms with E-state index in [0.717, 1.165) is 44.7 Å². The standard InChI is InChI=1S/C23H26N4O2/c1-2-26-11-13-27(14-12-26)16-17-7-9-19(10-8-17)24-23(29)21-15-18-5-3-4-6-20(18)22(28)25-21/h3-10,15H,2,11-14,16H2,1H3,(H,24,29)(H,25,28). The summed E-state index contributed by atoms with van der Waals surface area (Å²) in [7, 11) is 0. The second-order valence-corrected chi connectivity index (χ2v) is 7.46. The molecule has 6 nitrogen and oxygen atoms in total. The molecule has 1 fully saturated rings. The number of H-pyrrole nitrogens is 1. The largest absolute Gasteiger partial charge is 0.321 e. The van der Waals surface area contributed by atoms with E-state index in [1.807, 2.05) is 42.5 Å². The zero-order valence-corrected chi connectivity index (χ0v) is 16.6. The van der Waals surface area contributed by atoms with Crippen molar-refractivity contribution in [1.82, 2.24) is 14.8 Å². The average molecular weight is 390 g/mol. The number of anilines is 1. The Morgan fingerprint density at radius 2 is 1.69 bits per heavy atom. The third-order valence-electron chi connectivity index (χ3n) is 5.53. The molecule has 1 aliphatic rings. The van der Waals surface area contributed by atoms with Crippen molar-refractivity contribution in [3.8, 4) is 0 Å². The number of nitrogens with one attached hydrogen (secondary N) is 2. The topological polar surface area (TPSA) is 68.4 Å². The fourth-order valence-electron chi connectivity index (χ4n) is 3.75. The van der Waals surface area contributed by atoms with Crippen molar-refractivity contribution >= 4 is 22.4 Å². The highest BCUT2D eigenvalue weighted by Crippen LogP contribution is 2.15. The molecule has 0 aliphatic carbocycles. The van der Waals surface area contributed by atoms with E-state index in [2.05, 4.69) is 27.0 Å². The number of carbonyl (C=O) groups excluding carboxylic acids is 1. The van der Waals surface area contributed by atoms with E-state index in [0.29, 0.717) is 11.1 Å². The Kier molecular flexibility index (Phi) is 5.74. The Bertz CT molecular complexity index is 1050. The molecule has 150 valence electrons. The van der Waals surface area contributed by atoms with Crippen LogP contribution in [0.3, 0.4) is 0 Å². The van der Waals surface area contributed by atoms with Gasteiger partial charge in [0.2, 0.25) is 0 Å². The highest BCUT2D eigenvalue weighted by Gasteiger charge is 2.15. The number of rotatable bonds is 5. The Hall–Kier alpha value is -2.96. The van der Waals surface area contributed by atoms with Crippen molar-refractivity contribution in [1.29, 1.82) is 0 Å². The molecule has 3 aromatic rings. The summed E-state index contributed by atoms with van der Waals surface area (Å²) in [6, 6.07) is 16.9. The van der Waals surface area contributed by atoms with Gasteiger partial charge in [0.1, 0.15) is 5.69 Å². The number of carbonyl (C=O) groups is 1. The number of pyridine rings is 1. The van der Waals surface area contributed by atoms with Gasteiger partial charge in [-0.3, -0.25) is 14.5 Å². The number of fused-ring (bicyclic) bond motifs is 1. The summed E-state index contributed by atoms with van der Waals surface area (Å²) >= 11 is 0. The van der Waals surface area contributed by atoms with Gasteiger partial charge in [-0.25, -0.2) is 0 Å². The zero-order valence-electron chi connectivity index (χ0n) is 16.6. The van der Waals surface area contributed by atoms with Crippen molar-refractivity contribution < 1.29 is 4.79 Å². The summed E-state index contributed by atoms with van der Waals surface area (Å²) < 4.78 is 0. The molecule has 2 aromatic carbocycles. The summed E-state index contributed by atoms with van der Waals surface area (Å²) in [5.74, 6) is -0.323. The first-order chi connectivity index (χ1) is 14.1. The lowest BCUT2D eigenvalue weighted by Gasteiger charge is -2.34. The van der Waals surface area contributed by atoms with Crippen molar-refractivity contribution in [2.45, 2.75) is 13.5 Å². The van der Waals surface area contributed by atoms with Crippen LogP contribution in [0.1, 0.15) is 23.0 Å². The third kappa shape index (κ3) is 4.55. The molecule has 0 saturated carbocycles. The fraction of sp³-hybridized carbons (Fsp3) is 0.304. The molecule has 2 N–H and O–H groups in total. The Balaban J connectivity index is 1.40. The first kappa shape index (κ1) is 19.4. The molecule has 1 aromatic heterocycles. The number of benzene rings is 2. The molecule has 6 heteroatoms. The lowest BCUT2D eigenvalue weighted by molar-refractivity contribution is 0.102. The van der Waals surface area contributed by atoms with Gasteiger partial charge >= 0.3 is 0 Å². The van der Waals surface area contributed by atoms with E-state index >= 15 is 0 Å². The van der Waals surface area contributed by atoms with Crippen LogP contribution >= 0.6 is 0 Å². The molecule has 0 unspecified atom stereocenters. The molecular weight excluding hydrogens is 364 g/mol. The smallest absolute Gasteiger partial charge is 0.272 e. The second-order valence-electron chi connectivity index (χ2n) is 7.46. The maximum atomic E-state index is 12.6. The number of likely N-dealkylation sites (N-methyl/N-ethyl adjacent to an activating group) is 1. The van der Waals surface area contributed by atoms with Gasteiger partial charge in [-0.1, -0.05) is 37.3 Å². The van der Waals surface area contributed by atoms with Gasteiger partial charge in [-0.15, -0.1) is 0 Å². The minimum absolute atomic E-state index is 0.256. The van der Waals surface area contributed by atoms with Crippen LogP contribution in [0, 0.1) is 0 Å². The molecule has 1 amide bonds. The average Bonchev–Trinajstić information content (AvgIpc) is 2.75. The molecule has 1 saturated heterocycles. The summed E-state index contributed by atoms with van der Waals surface area (Å²) in [5.41, 5.74) is 1.94. The van der Waals surface area contributed by atoms with Crippen LogP contribution in [0.5, 0.6) is 0 Å². The zero-order chi connectivity index (χ0) is 20.2. The van der Waals surface area contributed by atoms with Crippen LogP contribution in [0.15, 0.2) is 59.4 Å². The lowest BCUT2D eigenvalue weighted by Crippen LogP contribution is -2.45. The summed E-state index contributed by atoms with van der Waals surface area (Å²) in [6.45, 7) is 8.65. The summed E-state index contributed by atoms with van der Waals surface area (Å²) in [6.07, 6.45) is 0. The highest BCUT2D eigenvalue weighted by atomic mass is 16.2. The number of hydrogen-bond donors (Lipinski definition) is 2. The van der Waals surface area contributed by atoms with Crippen molar-refractivity contribution in [3.05, 3.63) is 76.2 Å². The van der Waals surface area contributed by atoms with E-state index in [1.54, 1.807) is 12.1 Å². The van der Waals surface area contributed by atoms with Crippen molar-refractivity contribution in [3.63, 3.8) is 0 Å². The lowest BCUT2D eigenvalue weighted by atomic mass is 10.1.